The van der Waals surface area contributed by atoms with Gasteiger partial charge in [-0.25, -0.2) is 0 Å². The summed E-state index contributed by atoms with van der Waals surface area (Å²) in [6.45, 7) is 5.54. The van der Waals surface area contributed by atoms with Crippen molar-refractivity contribution in [2.45, 2.75) is 32.2 Å². The van der Waals surface area contributed by atoms with Gasteiger partial charge in [0.25, 0.3) is 5.56 Å². The van der Waals surface area contributed by atoms with Gasteiger partial charge in [-0.1, -0.05) is 30.3 Å². The molecule has 1 aromatic heterocycles. The number of fused-ring (bicyclic) bond motifs is 1. The number of carbonyl (C=O) groups excluding carboxylic acids is 1. The minimum absolute atomic E-state index is 0.0248. The summed E-state index contributed by atoms with van der Waals surface area (Å²) < 4.78 is 5.59. The first-order valence-corrected chi connectivity index (χ1v) is 10.8. The second kappa shape index (κ2) is 10.0. The van der Waals surface area contributed by atoms with Gasteiger partial charge in [0.05, 0.1) is 6.61 Å². The van der Waals surface area contributed by atoms with E-state index in [-0.39, 0.29) is 30.0 Å². The Balaban J connectivity index is 1.35. The normalized spacial score (nSPS) is 12.8. The Bertz CT molecular complexity index is 1150. The van der Waals surface area contributed by atoms with Crippen molar-refractivity contribution in [3.8, 4) is 17.1 Å². The summed E-state index contributed by atoms with van der Waals surface area (Å²) in [6.07, 6.45) is 3.92. The predicted molar refractivity (Wildman–Crippen MR) is 122 cm³/mol. The fraction of sp³-hybridized carbons (Fsp3) is 0.280. The first-order valence-electron chi connectivity index (χ1n) is 10.8. The maximum Gasteiger partial charge on any atom is 0.273 e. The van der Waals surface area contributed by atoms with Crippen LogP contribution in [0.5, 0.6) is 5.75 Å². The van der Waals surface area contributed by atoms with Crippen LogP contribution in [0.3, 0.4) is 0 Å². The molecule has 3 aromatic rings. The van der Waals surface area contributed by atoms with Crippen molar-refractivity contribution < 1.29 is 9.53 Å². The third-order valence-corrected chi connectivity index (χ3v) is 5.54. The highest BCUT2D eigenvalue weighted by molar-refractivity contribution is 5.76. The van der Waals surface area contributed by atoms with Crippen molar-refractivity contribution in [2.24, 2.45) is 0 Å². The molecule has 1 N–H and O–H groups in total. The van der Waals surface area contributed by atoms with Crippen LogP contribution >= 0.6 is 0 Å². The average molecular weight is 431 g/mol. The SMILES string of the molecule is C=CCCOc1ccc(-c2nnc(CCC(=O)N3CCc4ccccc4C3)c(=O)[nH]2)cc1. The average Bonchev–Trinajstić information content (AvgIpc) is 2.83. The van der Waals surface area contributed by atoms with E-state index in [1.165, 1.54) is 11.1 Å². The van der Waals surface area contributed by atoms with Gasteiger partial charge in [-0.15, -0.1) is 16.8 Å². The lowest BCUT2D eigenvalue weighted by Gasteiger charge is -2.28. The standard InChI is InChI=1S/C25H26N4O3/c1-2-3-16-32-21-10-8-19(9-11-21)24-26-25(31)22(27-28-24)12-13-23(30)29-15-14-18-6-4-5-7-20(18)17-29/h2,4-11H,1,3,12-17H2,(H,26,28,31). The Morgan fingerprint density at radius 1 is 1.12 bits per heavy atom. The minimum Gasteiger partial charge on any atom is -0.493 e. The highest BCUT2D eigenvalue weighted by Crippen LogP contribution is 2.20. The van der Waals surface area contributed by atoms with E-state index in [0.29, 0.717) is 25.5 Å². The van der Waals surface area contributed by atoms with Crippen molar-refractivity contribution in [3.05, 3.63) is 88.4 Å². The van der Waals surface area contributed by atoms with E-state index >= 15 is 0 Å². The van der Waals surface area contributed by atoms with Gasteiger partial charge < -0.3 is 14.6 Å². The van der Waals surface area contributed by atoms with Crippen LogP contribution < -0.4 is 10.3 Å². The molecule has 7 nitrogen and oxygen atoms in total. The Labute approximate surface area is 186 Å². The molecule has 0 saturated carbocycles. The number of amides is 1. The molecule has 0 bridgehead atoms. The zero-order valence-corrected chi connectivity index (χ0v) is 17.9. The van der Waals surface area contributed by atoms with E-state index < -0.39 is 0 Å². The Morgan fingerprint density at radius 3 is 2.66 bits per heavy atom. The fourth-order valence-corrected chi connectivity index (χ4v) is 3.72. The number of benzene rings is 2. The molecular weight excluding hydrogens is 404 g/mol. The second-order valence-corrected chi connectivity index (χ2v) is 7.73. The largest absolute Gasteiger partial charge is 0.493 e. The Hall–Kier alpha value is -3.74. The lowest BCUT2D eigenvalue weighted by atomic mass is 9.99. The van der Waals surface area contributed by atoms with E-state index in [1.54, 1.807) is 6.08 Å². The number of nitrogens with one attached hydrogen (secondary N) is 1. The van der Waals surface area contributed by atoms with Gasteiger partial charge in [0, 0.05) is 31.5 Å². The molecule has 32 heavy (non-hydrogen) atoms. The third-order valence-electron chi connectivity index (χ3n) is 5.54. The van der Waals surface area contributed by atoms with Crippen LogP contribution in [0.25, 0.3) is 11.4 Å². The first kappa shape index (κ1) is 21.5. The molecule has 2 heterocycles. The number of aromatic nitrogens is 3. The number of H-pyrrole nitrogens is 1. The predicted octanol–water partition coefficient (Wildman–Crippen LogP) is 3.30. The number of aryl methyl sites for hydroxylation is 1. The summed E-state index contributed by atoms with van der Waals surface area (Å²) in [5.41, 5.74) is 3.17. The van der Waals surface area contributed by atoms with Crippen LogP contribution in [-0.4, -0.2) is 39.1 Å². The van der Waals surface area contributed by atoms with Gasteiger partial charge in [0.1, 0.15) is 11.4 Å². The first-order chi connectivity index (χ1) is 15.6. The molecule has 4 rings (SSSR count). The molecule has 0 saturated heterocycles. The highest BCUT2D eigenvalue weighted by Gasteiger charge is 2.20. The van der Waals surface area contributed by atoms with E-state index in [9.17, 15) is 9.59 Å². The van der Waals surface area contributed by atoms with Crippen molar-refractivity contribution >= 4 is 5.91 Å². The maximum absolute atomic E-state index is 12.7. The molecular formula is C25H26N4O3. The molecule has 0 fully saturated rings. The van der Waals surface area contributed by atoms with Crippen molar-refractivity contribution in [1.29, 1.82) is 0 Å². The molecule has 2 aromatic carbocycles. The van der Waals surface area contributed by atoms with Crippen LogP contribution in [0.2, 0.25) is 0 Å². The van der Waals surface area contributed by atoms with Gasteiger partial charge in [-0.05, 0) is 48.2 Å². The van der Waals surface area contributed by atoms with E-state index in [2.05, 4.69) is 33.9 Å². The molecule has 1 aliphatic rings. The number of hydrogen-bond donors (Lipinski definition) is 1. The lowest BCUT2D eigenvalue weighted by molar-refractivity contribution is -0.132. The molecule has 0 atom stereocenters. The number of rotatable bonds is 8. The van der Waals surface area contributed by atoms with Gasteiger partial charge in [-0.3, -0.25) is 9.59 Å². The van der Waals surface area contributed by atoms with E-state index in [4.69, 9.17) is 4.74 Å². The van der Waals surface area contributed by atoms with Crippen molar-refractivity contribution in [1.82, 2.24) is 20.1 Å². The number of carbonyl (C=O) groups is 1. The number of hydrogen-bond acceptors (Lipinski definition) is 5. The molecule has 0 radical (unpaired) electrons. The molecule has 164 valence electrons. The highest BCUT2D eigenvalue weighted by atomic mass is 16.5. The number of aromatic amines is 1. The van der Waals surface area contributed by atoms with Crippen LogP contribution in [0.15, 0.2) is 66.0 Å². The summed E-state index contributed by atoms with van der Waals surface area (Å²) >= 11 is 0. The molecule has 0 unspecified atom stereocenters. The molecule has 0 aliphatic carbocycles. The van der Waals surface area contributed by atoms with Crippen LogP contribution in [0, 0.1) is 0 Å². The van der Waals surface area contributed by atoms with Crippen molar-refractivity contribution in [3.63, 3.8) is 0 Å². The number of nitrogens with zero attached hydrogens (tertiary/aromatic N) is 3. The smallest absolute Gasteiger partial charge is 0.273 e. The summed E-state index contributed by atoms with van der Waals surface area (Å²) in [6, 6.07) is 15.5. The third kappa shape index (κ3) is 5.11. The summed E-state index contributed by atoms with van der Waals surface area (Å²) in [5.74, 6) is 1.15. The van der Waals surface area contributed by atoms with E-state index in [1.807, 2.05) is 41.3 Å². The Morgan fingerprint density at radius 2 is 1.91 bits per heavy atom. The minimum atomic E-state index is -0.321. The summed E-state index contributed by atoms with van der Waals surface area (Å²) in [7, 11) is 0. The van der Waals surface area contributed by atoms with Crippen molar-refractivity contribution in [2.75, 3.05) is 13.2 Å². The topological polar surface area (TPSA) is 88.2 Å². The van der Waals surface area contributed by atoms with Crippen LogP contribution in [0.1, 0.15) is 29.7 Å². The van der Waals surface area contributed by atoms with Crippen LogP contribution in [0.4, 0.5) is 0 Å². The molecule has 1 amide bonds. The fourth-order valence-electron chi connectivity index (χ4n) is 3.72. The van der Waals surface area contributed by atoms with Gasteiger partial charge >= 0.3 is 0 Å². The maximum atomic E-state index is 12.7. The van der Waals surface area contributed by atoms with Gasteiger partial charge in [0.2, 0.25) is 5.91 Å². The van der Waals surface area contributed by atoms with Gasteiger partial charge in [0.15, 0.2) is 5.82 Å². The zero-order chi connectivity index (χ0) is 22.3. The zero-order valence-electron chi connectivity index (χ0n) is 17.9. The number of ether oxygens (including phenoxy) is 1. The molecule has 0 spiro atoms. The quantitative estimate of drug-likeness (QED) is 0.438. The van der Waals surface area contributed by atoms with Crippen LogP contribution in [-0.2, 0) is 24.2 Å². The Kier molecular flexibility index (Phi) is 6.75. The van der Waals surface area contributed by atoms with Gasteiger partial charge in [-0.2, -0.15) is 0 Å². The summed E-state index contributed by atoms with van der Waals surface area (Å²) in [5, 5.41) is 8.23. The monoisotopic (exact) mass is 430 g/mol. The summed E-state index contributed by atoms with van der Waals surface area (Å²) in [4.78, 5) is 29.8. The van der Waals surface area contributed by atoms with E-state index in [0.717, 1.165) is 24.2 Å². The molecule has 7 heteroatoms. The molecule has 1 aliphatic heterocycles. The second-order valence-electron chi connectivity index (χ2n) is 7.73. The lowest BCUT2D eigenvalue weighted by Crippen LogP contribution is -2.36.